The molecule has 0 saturated carbocycles. The summed E-state index contributed by atoms with van der Waals surface area (Å²) < 4.78 is 13.3. The Kier molecular flexibility index (Phi) is 6.40. The van der Waals surface area contributed by atoms with Crippen molar-refractivity contribution in [2.24, 2.45) is 0 Å². The monoisotopic (exact) mass is 481 g/mol. The first-order valence-electron chi connectivity index (χ1n) is 11.6. The van der Waals surface area contributed by atoms with Crippen LogP contribution in [0.25, 0.3) is 0 Å². The predicted molar refractivity (Wildman–Crippen MR) is 138 cm³/mol. The Morgan fingerprint density at radius 1 is 1.06 bits per heavy atom. The van der Waals surface area contributed by atoms with Gasteiger partial charge in [0.1, 0.15) is 30.5 Å². The van der Waals surface area contributed by atoms with Crippen LogP contribution in [0.5, 0.6) is 11.5 Å². The number of methoxy groups -OCH3 is 1. The van der Waals surface area contributed by atoms with Crippen LogP contribution in [-0.2, 0) is 11.4 Å². The lowest BCUT2D eigenvalue weighted by atomic mass is 9.94. The van der Waals surface area contributed by atoms with Gasteiger partial charge in [-0.05, 0) is 54.8 Å². The summed E-state index contributed by atoms with van der Waals surface area (Å²) in [5, 5.41) is 10.6. The number of anilines is 2. The number of carbonyl (C=O) groups excluding carboxylic acids is 1. The number of ether oxygens (including phenoxy) is 2. The van der Waals surface area contributed by atoms with Crippen LogP contribution in [-0.4, -0.2) is 27.8 Å². The molecule has 1 atom stereocenters. The van der Waals surface area contributed by atoms with Crippen LogP contribution in [0, 0.1) is 6.92 Å². The maximum atomic E-state index is 13.6. The number of fused-ring (bicyclic) bond motifs is 1. The van der Waals surface area contributed by atoms with Crippen LogP contribution in [0.1, 0.15) is 29.7 Å². The van der Waals surface area contributed by atoms with Gasteiger partial charge in [-0.25, -0.2) is 4.68 Å². The molecule has 0 saturated heterocycles. The summed E-state index contributed by atoms with van der Waals surface area (Å²) in [5.41, 5.74) is 4.96. The van der Waals surface area contributed by atoms with Gasteiger partial charge in [-0.3, -0.25) is 4.79 Å². The van der Waals surface area contributed by atoms with E-state index in [2.05, 4.69) is 39.8 Å². The molecule has 36 heavy (non-hydrogen) atoms. The van der Waals surface area contributed by atoms with E-state index in [1.807, 2.05) is 55.5 Å². The van der Waals surface area contributed by atoms with Gasteiger partial charge in [0.15, 0.2) is 0 Å². The molecule has 0 radical (unpaired) electrons. The van der Waals surface area contributed by atoms with Crippen molar-refractivity contribution in [3.8, 4) is 11.5 Å². The highest BCUT2D eigenvalue weighted by Crippen LogP contribution is 2.37. The number of hydrogen-bond donors (Lipinski definition) is 2. The fraction of sp³-hybridized carbons (Fsp3) is 0.179. The summed E-state index contributed by atoms with van der Waals surface area (Å²) in [7, 11) is 1.57. The second kappa shape index (κ2) is 9.95. The smallest absolute Gasteiger partial charge is 0.255 e. The van der Waals surface area contributed by atoms with E-state index < -0.39 is 6.04 Å². The Balaban J connectivity index is 1.48. The molecule has 1 unspecified atom stereocenters. The Morgan fingerprint density at radius 3 is 2.69 bits per heavy atom. The van der Waals surface area contributed by atoms with Gasteiger partial charge in [0.25, 0.3) is 5.91 Å². The van der Waals surface area contributed by atoms with Crippen LogP contribution >= 0.6 is 0 Å². The van der Waals surface area contributed by atoms with E-state index >= 15 is 0 Å². The van der Waals surface area contributed by atoms with E-state index in [1.54, 1.807) is 23.9 Å². The zero-order valence-electron chi connectivity index (χ0n) is 20.4. The number of hydrogen-bond acceptors (Lipinski definition) is 6. The van der Waals surface area contributed by atoms with Crippen molar-refractivity contribution in [1.29, 1.82) is 0 Å². The zero-order valence-corrected chi connectivity index (χ0v) is 20.4. The summed E-state index contributed by atoms with van der Waals surface area (Å²) in [6.45, 7) is 4.38. The molecule has 0 fully saturated rings. The molecule has 3 aromatic carbocycles. The molecule has 1 amide bonds. The molecule has 8 nitrogen and oxygen atoms in total. The van der Waals surface area contributed by atoms with Crippen molar-refractivity contribution in [3.05, 3.63) is 107 Å². The summed E-state index contributed by atoms with van der Waals surface area (Å²) in [6, 6.07) is 22.7. The van der Waals surface area contributed by atoms with Crippen LogP contribution in [0.15, 0.2) is 90.4 Å². The lowest BCUT2D eigenvalue weighted by molar-refractivity contribution is -0.113. The summed E-state index contributed by atoms with van der Waals surface area (Å²) >= 11 is 0. The lowest BCUT2D eigenvalue weighted by Crippen LogP contribution is -2.31. The number of benzene rings is 3. The first-order chi connectivity index (χ1) is 17.5. The summed E-state index contributed by atoms with van der Waals surface area (Å²) in [6.07, 6.45) is 1.47. The molecular formula is C28H27N5O3. The topological polar surface area (TPSA) is 90.3 Å². The van der Waals surface area contributed by atoms with Gasteiger partial charge in [0.2, 0.25) is 5.95 Å². The van der Waals surface area contributed by atoms with E-state index in [-0.39, 0.29) is 5.91 Å². The molecule has 0 bridgehead atoms. The Labute approximate surface area is 209 Å². The van der Waals surface area contributed by atoms with Crippen molar-refractivity contribution in [1.82, 2.24) is 14.8 Å². The van der Waals surface area contributed by atoms with E-state index in [9.17, 15) is 4.79 Å². The standard InChI is InChI=1S/C28H27N5O3/c1-18-9-4-5-10-21(18)16-36-22-12-8-11-20(15-22)26-25(19(2)31-28-29-17-30-33(26)28)27(34)32-23-13-6-7-14-24(23)35-3/h4-15,17,26H,16H2,1-3H3,(H,32,34)(H,29,30,31). The quantitative estimate of drug-likeness (QED) is 0.382. The van der Waals surface area contributed by atoms with Gasteiger partial charge in [0, 0.05) is 5.70 Å². The molecule has 182 valence electrons. The van der Waals surface area contributed by atoms with E-state index in [4.69, 9.17) is 9.47 Å². The normalized spacial score (nSPS) is 14.6. The Morgan fingerprint density at radius 2 is 1.86 bits per heavy atom. The SMILES string of the molecule is COc1ccccc1NC(=O)C1=C(C)Nc2ncnn2C1c1cccc(OCc2ccccc2C)c1. The first-order valence-corrected chi connectivity index (χ1v) is 11.6. The van der Waals surface area contributed by atoms with Crippen LogP contribution in [0.4, 0.5) is 11.6 Å². The van der Waals surface area contributed by atoms with Crippen LogP contribution in [0.2, 0.25) is 0 Å². The number of para-hydroxylation sites is 2. The van der Waals surface area contributed by atoms with Gasteiger partial charge in [0.05, 0.1) is 18.4 Å². The lowest BCUT2D eigenvalue weighted by Gasteiger charge is -2.29. The third kappa shape index (κ3) is 4.53. The average Bonchev–Trinajstić information content (AvgIpc) is 3.36. The maximum absolute atomic E-state index is 13.6. The van der Waals surface area contributed by atoms with Gasteiger partial charge >= 0.3 is 0 Å². The third-order valence-electron chi connectivity index (χ3n) is 6.22. The maximum Gasteiger partial charge on any atom is 0.255 e. The van der Waals surface area contributed by atoms with E-state index in [0.717, 1.165) is 11.1 Å². The van der Waals surface area contributed by atoms with Crippen molar-refractivity contribution in [2.45, 2.75) is 26.5 Å². The minimum Gasteiger partial charge on any atom is -0.495 e. The van der Waals surface area contributed by atoms with Gasteiger partial charge in [-0.15, -0.1) is 0 Å². The second-order valence-electron chi connectivity index (χ2n) is 8.54. The number of nitrogens with one attached hydrogen (secondary N) is 2. The molecule has 8 heteroatoms. The van der Waals surface area contributed by atoms with Crippen LogP contribution < -0.4 is 20.1 Å². The number of carbonyl (C=O) groups is 1. The Hall–Kier alpha value is -4.59. The number of nitrogens with zero attached hydrogens (tertiary/aromatic N) is 3. The fourth-order valence-corrected chi connectivity index (χ4v) is 4.34. The van der Waals surface area contributed by atoms with Crippen molar-refractivity contribution >= 4 is 17.5 Å². The average molecular weight is 482 g/mol. The molecular weight excluding hydrogens is 454 g/mol. The third-order valence-corrected chi connectivity index (χ3v) is 6.22. The second-order valence-corrected chi connectivity index (χ2v) is 8.54. The largest absolute Gasteiger partial charge is 0.495 e. The molecule has 2 heterocycles. The highest BCUT2D eigenvalue weighted by Gasteiger charge is 2.34. The zero-order chi connectivity index (χ0) is 25.1. The van der Waals surface area contributed by atoms with Gasteiger partial charge in [-0.2, -0.15) is 10.1 Å². The molecule has 5 rings (SSSR count). The molecule has 0 aliphatic carbocycles. The molecule has 4 aromatic rings. The van der Waals surface area contributed by atoms with Crippen molar-refractivity contribution < 1.29 is 14.3 Å². The Bertz CT molecular complexity index is 1440. The fourth-order valence-electron chi connectivity index (χ4n) is 4.34. The molecule has 1 aliphatic heterocycles. The predicted octanol–water partition coefficient (Wildman–Crippen LogP) is 5.10. The minimum atomic E-state index is -0.500. The number of aromatic nitrogens is 3. The summed E-state index contributed by atoms with van der Waals surface area (Å²) in [4.78, 5) is 18.0. The highest BCUT2D eigenvalue weighted by molar-refractivity contribution is 6.06. The van der Waals surface area contributed by atoms with Gasteiger partial charge in [-0.1, -0.05) is 48.5 Å². The number of rotatable bonds is 7. The molecule has 2 N–H and O–H groups in total. The van der Waals surface area contributed by atoms with Gasteiger partial charge < -0.3 is 20.1 Å². The number of aryl methyl sites for hydroxylation is 1. The first kappa shape index (κ1) is 23.2. The van der Waals surface area contributed by atoms with Crippen molar-refractivity contribution in [3.63, 3.8) is 0 Å². The molecule has 1 aliphatic rings. The highest BCUT2D eigenvalue weighted by atomic mass is 16.5. The summed E-state index contributed by atoms with van der Waals surface area (Å²) in [5.74, 6) is 1.59. The number of amides is 1. The minimum absolute atomic E-state index is 0.262. The van der Waals surface area contributed by atoms with E-state index in [0.29, 0.717) is 41.0 Å². The number of allylic oxidation sites excluding steroid dienone is 1. The molecule has 0 spiro atoms. The van der Waals surface area contributed by atoms with E-state index in [1.165, 1.54) is 11.9 Å². The van der Waals surface area contributed by atoms with Crippen molar-refractivity contribution in [2.75, 3.05) is 17.7 Å². The van der Waals surface area contributed by atoms with Crippen LogP contribution in [0.3, 0.4) is 0 Å². The molecule has 1 aromatic heterocycles.